The van der Waals surface area contributed by atoms with Crippen LogP contribution in [0.3, 0.4) is 0 Å². The Balaban J connectivity index is 2.48. The summed E-state index contributed by atoms with van der Waals surface area (Å²) in [6, 6.07) is 0. The first-order valence-electron chi connectivity index (χ1n) is 4.63. The Morgan fingerprint density at radius 3 is 2.14 bits per heavy atom. The minimum Gasteiger partial charge on any atom is -0.481 e. The zero-order valence-electron chi connectivity index (χ0n) is 8.30. The molecule has 2 atom stereocenters. The number of nitrogens with zero attached hydrogens (tertiary/aromatic N) is 1. The van der Waals surface area contributed by atoms with Crippen LogP contribution >= 0.6 is 0 Å². The number of aliphatic carboxylic acids is 1. The average molecular weight is 201 g/mol. The number of aliphatic hydroxyl groups excluding tert-OH is 1. The number of hydrogen-bond donors (Lipinski definition) is 2. The number of β-amino-alcohol motifs (C(OH)–C–C–N with tert-alkyl or cyclic N) is 1. The second-order valence-corrected chi connectivity index (χ2v) is 3.81. The zero-order valence-corrected chi connectivity index (χ0v) is 8.30. The van der Waals surface area contributed by atoms with E-state index >= 15 is 0 Å². The number of carboxylic acids is 1. The first kappa shape index (κ1) is 11.0. The fourth-order valence-electron chi connectivity index (χ4n) is 1.35. The Bertz CT molecular complexity index is 247. The molecule has 1 rings (SSSR count). The Kier molecular flexibility index (Phi) is 3.10. The molecular weight excluding hydrogens is 186 g/mol. The van der Waals surface area contributed by atoms with E-state index in [-0.39, 0.29) is 5.91 Å². The number of likely N-dealkylation sites (tertiary alicyclic amines) is 1. The van der Waals surface area contributed by atoms with Crippen LogP contribution in [0.4, 0.5) is 0 Å². The predicted octanol–water partition coefficient (Wildman–Crippen LogP) is -0.454. The minimum absolute atomic E-state index is 0.190. The quantitative estimate of drug-likeness (QED) is 0.648. The van der Waals surface area contributed by atoms with Crippen molar-refractivity contribution in [3.05, 3.63) is 0 Å². The lowest BCUT2D eigenvalue weighted by Gasteiger charge is -2.38. The normalized spacial score (nSPS) is 21.2. The molecule has 2 unspecified atom stereocenters. The van der Waals surface area contributed by atoms with Crippen LogP contribution in [-0.2, 0) is 9.59 Å². The van der Waals surface area contributed by atoms with Gasteiger partial charge in [0.2, 0.25) is 5.91 Å². The molecule has 0 saturated carbocycles. The molecule has 0 aromatic heterocycles. The average Bonchev–Trinajstić information content (AvgIpc) is 2.09. The third-order valence-corrected chi connectivity index (χ3v) is 2.70. The van der Waals surface area contributed by atoms with Crippen LogP contribution in [0.1, 0.15) is 13.8 Å². The highest BCUT2D eigenvalue weighted by atomic mass is 16.4. The van der Waals surface area contributed by atoms with Gasteiger partial charge in [0.25, 0.3) is 0 Å². The second kappa shape index (κ2) is 3.96. The van der Waals surface area contributed by atoms with Gasteiger partial charge in [-0.15, -0.1) is 0 Å². The molecule has 1 aliphatic rings. The Morgan fingerprint density at radius 1 is 1.29 bits per heavy atom. The number of carboxylic acid groups (broad SMARTS) is 1. The van der Waals surface area contributed by atoms with Crippen molar-refractivity contribution in [3.63, 3.8) is 0 Å². The molecule has 5 nitrogen and oxygen atoms in total. The van der Waals surface area contributed by atoms with Crippen molar-refractivity contribution in [2.75, 3.05) is 13.1 Å². The van der Waals surface area contributed by atoms with E-state index in [1.807, 2.05) is 0 Å². The summed E-state index contributed by atoms with van der Waals surface area (Å²) in [6.07, 6.45) is -0.439. The molecule has 1 fully saturated rings. The molecule has 0 radical (unpaired) electrons. The van der Waals surface area contributed by atoms with Crippen LogP contribution in [0.2, 0.25) is 0 Å². The number of carbonyl (C=O) groups is 2. The van der Waals surface area contributed by atoms with Crippen molar-refractivity contribution in [2.45, 2.75) is 20.0 Å². The lowest BCUT2D eigenvalue weighted by atomic mass is 9.93. The van der Waals surface area contributed by atoms with Gasteiger partial charge in [-0.25, -0.2) is 0 Å². The van der Waals surface area contributed by atoms with Gasteiger partial charge in [0.15, 0.2) is 0 Å². The standard InChI is InChI=1S/C9H15NO4/c1-5(6(2)9(13)14)8(12)10-3-7(11)4-10/h5-7,11H,3-4H2,1-2H3,(H,13,14). The predicted molar refractivity (Wildman–Crippen MR) is 48.6 cm³/mol. The van der Waals surface area contributed by atoms with Gasteiger partial charge >= 0.3 is 5.97 Å². The van der Waals surface area contributed by atoms with E-state index in [1.165, 1.54) is 11.8 Å². The van der Waals surface area contributed by atoms with E-state index in [1.54, 1.807) is 6.92 Å². The van der Waals surface area contributed by atoms with Gasteiger partial charge in [-0.05, 0) is 0 Å². The molecule has 2 N–H and O–H groups in total. The molecule has 1 saturated heterocycles. The third kappa shape index (κ3) is 2.04. The van der Waals surface area contributed by atoms with Gasteiger partial charge in [0.1, 0.15) is 0 Å². The Hall–Kier alpha value is -1.10. The molecule has 0 bridgehead atoms. The molecule has 0 aromatic rings. The number of aliphatic hydroxyl groups is 1. The highest BCUT2D eigenvalue weighted by Gasteiger charge is 2.35. The molecule has 0 aliphatic carbocycles. The largest absolute Gasteiger partial charge is 0.481 e. The monoisotopic (exact) mass is 201 g/mol. The summed E-state index contributed by atoms with van der Waals surface area (Å²) in [4.78, 5) is 23.7. The number of rotatable bonds is 3. The summed E-state index contributed by atoms with van der Waals surface area (Å²) in [7, 11) is 0. The van der Waals surface area contributed by atoms with Crippen molar-refractivity contribution in [1.82, 2.24) is 4.90 Å². The topological polar surface area (TPSA) is 77.8 Å². The van der Waals surface area contributed by atoms with E-state index in [0.29, 0.717) is 13.1 Å². The third-order valence-electron chi connectivity index (χ3n) is 2.70. The van der Waals surface area contributed by atoms with Gasteiger partial charge in [-0.1, -0.05) is 13.8 Å². The number of amides is 1. The van der Waals surface area contributed by atoms with Crippen molar-refractivity contribution in [3.8, 4) is 0 Å². The van der Waals surface area contributed by atoms with Crippen LogP contribution in [0.15, 0.2) is 0 Å². The zero-order chi connectivity index (χ0) is 10.9. The van der Waals surface area contributed by atoms with Crippen LogP contribution in [0.25, 0.3) is 0 Å². The number of hydrogen-bond acceptors (Lipinski definition) is 3. The van der Waals surface area contributed by atoms with Crippen molar-refractivity contribution in [2.24, 2.45) is 11.8 Å². The first-order valence-corrected chi connectivity index (χ1v) is 4.63. The van der Waals surface area contributed by atoms with Gasteiger partial charge < -0.3 is 15.1 Å². The molecule has 1 heterocycles. The fourth-order valence-corrected chi connectivity index (χ4v) is 1.35. The summed E-state index contributed by atoms with van der Waals surface area (Å²) in [5.41, 5.74) is 0. The maximum Gasteiger partial charge on any atom is 0.307 e. The van der Waals surface area contributed by atoms with Crippen LogP contribution < -0.4 is 0 Å². The van der Waals surface area contributed by atoms with Crippen molar-refractivity contribution in [1.29, 1.82) is 0 Å². The lowest BCUT2D eigenvalue weighted by molar-refractivity contribution is -0.154. The second-order valence-electron chi connectivity index (χ2n) is 3.81. The summed E-state index contributed by atoms with van der Waals surface area (Å²) in [6.45, 7) is 3.78. The summed E-state index contributed by atoms with van der Waals surface area (Å²) in [5.74, 6) is -2.36. The highest BCUT2D eigenvalue weighted by Crippen LogP contribution is 2.18. The summed E-state index contributed by atoms with van der Waals surface area (Å²) < 4.78 is 0. The SMILES string of the molecule is CC(C(=O)O)C(C)C(=O)N1CC(O)C1. The maximum absolute atomic E-state index is 11.6. The smallest absolute Gasteiger partial charge is 0.307 e. The van der Waals surface area contributed by atoms with Gasteiger partial charge in [0.05, 0.1) is 12.0 Å². The summed E-state index contributed by atoms with van der Waals surface area (Å²) >= 11 is 0. The molecule has 1 amide bonds. The van der Waals surface area contributed by atoms with Gasteiger partial charge in [0, 0.05) is 19.0 Å². The molecule has 0 aromatic carbocycles. The molecule has 14 heavy (non-hydrogen) atoms. The van der Waals surface area contributed by atoms with E-state index in [0.717, 1.165) is 0 Å². The van der Waals surface area contributed by atoms with E-state index in [9.17, 15) is 9.59 Å². The first-order chi connectivity index (χ1) is 6.43. The van der Waals surface area contributed by atoms with E-state index in [4.69, 9.17) is 10.2 Å². The molecule has 5 heteroatoms. The Labute approximate surface area is 82.3 Å². The molecule has 0 spiro atoms. The van der Waals surface area contributed by atoms with Crippen LogP contribution in [-0.4, -0.2) is 46.2 Å². The highest BCUT2D eigenvalue weighted by molar-refractivity contribution is 5.84. The molecule has 1 aliphatic heterocycles. The van der Waals surface area contributed by atoms with Gasteiger partial charge in [-0.2, -0.15) is 0 Å². The number of carbonyl (C=O) groups excluding carboxylic acids is 1. The maximum atomic E-state index is 11.6. The van der Waals surface area contributed by atoms with E-state index in [2.05, 4.69) is 0 Å². The molecule has 80 valence electrons. The minimum atomic E-state index is -0.966. The van der Waals surface area contributed by atoms with Crippen LogP contribution in [0.5, 0.6) is 0 Å². The lowest BCUT2D eigenvalue weighted by Crippen LogP contribution is -2.55. The van der Waals surface area contributed by atoms with E-state index < -0.39 is 23.9 Å². The van der Waals surface area contributed by atoms with Gasteiger partial charge in [-0.3, -0.25) is 9.59 Å². The Morgan fingerprint density at radius 2 is 1.79 bits per heavy atom. The van der Waals surface area contributed by atoms with Crippen molar-refractivity contribution >= 4 is 11.9 Å². The van der Waals surface area contributed by atoms with Crippen LogP contribution in [0, 0.1) is 11.8 Å². The summed E-state index contributed by atoms with van der Waals surface area (Å²) in [5, 5.41) is 17.7. The van der Waals surface area contributed by atoms with Crippen molar-refractivity contribution < 1.29 is 19.8 Å². The fraction of sp³-hybridized carbons (Fsp3) is 0.778. The molecular formula is C9H15NO4.